The van der Waals surface area contributed by atoms with Crippen molar-refractivity contribution >= 4 is 22.4 Å². The molecule has 0 bridgehead atoms. The fourth-order valence-corrected chi connectivity index (χ4v) is 2.39. The maximum absolute atomic E-state index is 11.9. The van der Waals surface area contributed by atoms with Crippen molar-refractivity contribution in [3.63, 3.8) is 0 Å². The third-order valence-corrected chi connectivity index (χ3v) is 3.76. The molecule has 0 aliphatic rings. The number of para-hydroxylation sites is 2. The topological polar surface area (TPSA) is 90.0 Å². The molecule has 0 radical (unpaired) electrons. The maximum atomic E-state index is 11.9. The molecule has 1 aromatic heterocycles. The molecule has 1 unspecified atom stereocenters. The number of hydrogen-bond donors (Lipinski definition) is 2. The molecule has 0 aliphatic carbocycles. The minimum absolute atomic E-state index is 0.245. The summed E-state index contributed by atoms with van der Waals surface area (Å²) in [7, 11) is -0.833. The fraction of sp³-hybridized carbons (Fsp3) is 0.286. The molecule has 21 heavy (non-hydrogen) atoms. The van der Waals surface area contributed by atoms with Crippen molar-refractivity contribution in [2.45, 2.75) is 6.42 Å². The summed E-state index contributed by atoms with van der Waals surface area (Å²) in [5.41, 5.74) is 7.53. The number of aromatic nitrogens is 2. The summed E-state index contributed by atoms with van der Waals surface area (Å²) < 4.78 is 12.5. The van der Waals surface area contributed by atoms with Crippen LogP contribution in [0.1, 0.15) is 16.9 Å². The summed E-state index contributed by atoms with van der Waals surface area (Å²) in [5.74, 6) is 0.333. The second-order valence-electron chi connectivity index (χ2n) is 4.59. The van der Waals surface area contributed by atoms with Crippen molar-refractivity contribution in [1.29, 1.82) is 0 Å². The summed E-state index contributed by atoms with van der Waals surface area (Å²) in [4.78, 5) is 11.9. The van der Waals surface area contributed by atoms with Gasteiger partial charge in [-0.15, -0.1) is 0 Å². The van der Waals surface area contributed by atoms with Crippen LogP contribution in [0.2, 0.25) is 0 Å². The second-order valence-corrected chi connectivity index (χ2v) is 6.15. The monoisotopic (exact) mass is 306 g/mol. The fourth-order valence-electron chi connectivity index (χ4n) is 1.84. The Hall–Kier alpha value is -2.15. The highest BCUT2D eigenvalue weighted by Crippen LogP contribution is 2.15. The Labute approximate surface area is 125 Å². The lowest BCUT2D eigenvalue weighted by molar-refractivity contribution is 0.0948. The number of carbonyl (C=O) groups excluding carboxylic acids is 1. The van der Waals surface area contributed by atoms with Crippen LogP contribution in [0.25, 0.3) is 5.69 Å². The zero-order chi connectivity index (χ0) is 15.2. The molecule has 0 fully saturated rings. The van der Waals surface area contributed by atoms with Gasteiger partial charge in [0, 0.05) is 35.5 Å². The molecule has 1 atom stereocenters. The lowest BCUT2D eigenvalue weighted by atomic mass is 10.3. The number of nitrogens with one attached hydrogen (secondary N) is 1. The molecular weight excluding hydrogens is 288 g/mol. The first-order valence-corrected chi connectivity index (χ1v) is 8.29. The minimum atomic E-state index is -0.833. The summed E-state index contributed by atoms with van der Waals surface area (Å²) in [6, 6.07) is 8.95. The number of benzene rings is 1. The molecule has 6 nitrogen and oxygen atoms in total. The smallest absolute Gasteiger partial charge is 0.271 e. The van der Waals surface area contributed by atoms with E-state index in [9.17, 15) is 9.00 Å². The van der Waals surface area contributed by atoms with Gasteiger partial charge in [-0.2, -0.15) is 5.10 Å². The van der Waals surface area contributed by atoms with Gasteiger partial charge in [-0.1, -0.05) is 12.1 Å². The van der Waals surface area contributed by atoms with Crippen LogP contribution in [0.4, 0.5) is 5.69 Å². The number of rotatable bonds is 6. The number of nitrogen functional groups attached to an aromatic ring is 1. The molecule has 7 heteroatoms. The average Bonchev–Trinajstić information content (AvgIpc) is 2.93. The lowest BCUT2D eigenvalue weighted by Crippen LogP contribution is -2.26. The van der Waals surface area contributed by atoms with E-state index >= 15 is 0 Å². The standard InChI is InChI=1S/C14H18N4O2S/c1-21(20)10-4-8-16-14(19)12-7-9-18(17-12)13-6-3-2-5-11(13)15/h2-3,5-7,9H,4,8,10,15H2,1H3,(H,16,19). The van der Waals surface area contributed by atoms with Crippen LogP contribution in [0.3, 0.4) is 0 Å². The van der Waals surface area contributed by atoms with E-state index in [0.29, 0.717) is 30.1 Å². The Balaban J connectivity index is 1.98. The van der Waals surface area contributed by atoms with E-state index in [1.54, 1.807) is 29.3 Å². The lowest BCUT2D eigenvalue weighted by Gasteiger charge is -2.05. The summed E-state index contributed by atoms with van der Waals surface area (Å²) in [6.07, 6.45) is 4.02. The van der Waals surface area contributed by atoms with Gasteiger partial charge in [0.1, 0.15) is 0 Å². The highest BCUT2D eigenvalue weighted by molar-refractivity contribution is 7.84. The van der Waals surface area contributed by atoms with Gasteiger partial charge in [0.15, 0.2) is 5.69 Å². The molecule has 1 amide bonds. The largest absolute Gasteiger partial charge is 0.397 e. The van der Waals surface area contributed by atoms with Crippen LogP contribution in [-0.4, -0.2) is 38.4 Å². The number of nitrogens with zero attached hydrogens (tertiary/aromatic N) is 2. The SMILES string of the molecule is CS(=O)CCCNC(=O)c1ccn(-c2ccccc2N)n1. The molecule has 0 spiro atoms. The zero-order valence-corrected chi connectivity index (χ0v) is 12.6. The average molecular weight is 306 g/mol. The van der Waals surface area contributed by atoms with Crippen LogP contribution in [0.5, 0.6) is 0 Å². The molecule has 3 N–H and O–H groups in total. The van der Waals surface area contributed by atoms with Gasteiger partial charge in [-0.25, -0.2) is 4.68 Å². The molecule has 0 saturated heterocycles. The highest BCUT2D eigenvalue weighted by Gasteiger charge is 2.10. The quantitative estimate of drug-likeness (QED) is 0.614. The van der Waals surface area contributed by atoms with Gasteiger partial charge in [0.25, 0.3) is 5.91 Å². The minimum Gasteiger partial charge on any atom is -0.397 e. The molecule has 2 aromatic rings. The van der Waals surface area contributed by atoms with E-state index in [2.05, 4.69) is 10.4 Å². The molecule has 0 aliphatic heterocycles. The number of anilines is 1. The van der Waals surface area contributed by atoms with Crippen LogP contribution in [0.15, 0.2) is 36.5 Å². The predicted octanol–water partition coefficient (Wildman–Crippen LogP) is 0.953. The van der Waals surface area contributed by atoms with E-state index in [4.69, 9.17) is 5.73 Å². The first-order valence-electron chi connectivity index (χ1n) is 6.56. The van der Waals surface area contributed by atoms with E-state index in [1.807, 2.05) is 18.2 Å². The summed E-state index contributed by atoms with van der Waals surface area (Å²) in [6.45, 7) is 0.485. The Morgan fingerprint density at radius 2 is 2.14 bits per heavy atom. The first-order chi connectivity index (χ1) is 10.1. The van der Waals surface area contributed by atoms with E-state index in [0.717, 1.165) is 5.69 Å². The third-order valence-electron chi connectivity index (χ3n) is 2.90. The predicted molar refractivity (Wildman–Crippen MR) is 83.9 cm³/mol. The third kappa shape index (κ3) is 4.16. The van der Waals surface area contributed by atoms with Crippen LogP contribution in [0, 0.1) is 0 Å². The maximum Gasteiger partial charge on any atom is 0.271 e. The molecule has 112 valence electrons. The molecule has 2 rings (SSSR count). The van der Waals surface area contributed by atoms with Gasteiger partial charge < -0.3 is 11.1 Å². The van der Waals surface area contributed by atoms with Gasteiger partial charge in [-0.3, -0.25) is 9.00 Å². The van der Waals surface area contributed by atoms with Gasteiger partial charge in [0.2, 0.25) is 0 Å². The number of amides is 1. The Morgan fingerprint density at radius 1 is 1.38 bits per heavy atom. The number of carbonyl (C=O) groups is 1. The highest BCUT2D eigenvalue weighted by atomic mass is 32.2. The summed E-state index contributed by atoms with van der Waals surface area (Å²) >= 11 is 0. The van der Waals surface area contributed by atoms with Gasteiger partial charge in [0.05, 0.1) is 11.4 Å². The van der Waals surface area contributed by atoms with Crippen molar-refractivity contribution < 1.29 is 9.00 Å². The number of hydrogen-bond acceptors (Lipinski definition) is 4. The van der Waals surface area contributed by atoms with Crippen molar-refractivity contribution in [2.24, 2.45) is 0 Å². The Bertz CT molecular complexity index is 654. The van der Waals surface area contributed by atoms with E-state index < -0.39 is 10.8 Å². The van der Waals surface area contributed by atoms with Crippen molar-refractivity contribution in [2.75, 3.05) is 24.3 Å². The van der Waals surface area contributed by atoms with E-state index in [1.165, 1.54) is 0 Å². The Morgan fingerprint density at radius 3 is 2.86 bits per heavy atom. The first kappa shape index (κ1) is 15.2. The van der Waals surface area contributed by atoms with E-state index in [-0.39, 0.29) is 5.91 Å². The Kier molecular flexibility index (Phi) is 5.10. The molecule has 1 aromatic carbocycles. The second kappa shape index (κ2) is 7.03. The summed E-state index contributed by atoms with van der Waals surface area (Å²) in [5, 5.41) is 6.97. The van der Waals surface area contributed by atoms with Crippen LogP contribution < -0.4 is 11.1 Å². The van der Waals surface area contributed by atoms with Gasteiger partial charge in [-0.05, 0) is 24.6 Å². The number of nitrogens with two attached hydrogens (primary N) is 1. The molecule has 0 saturated carbocycles. The zero-order valence-electron chi connectivity index (χ0n) is 11.8. The van der Waals surface area contributed by atoms with Crippen molar-refractivity contribution in [3.05, 3.63) is 42.2 Å². The molecule has 1 heterocycles. The van der Waals surface area contributed by atoms with Crippen LogP contribution >= 0.6 is 0 Å². The van der Waals surface area contributed by atoms with Crippen molar-refractivity contribution in [1.82, 2.24) is 15.1 Å². The van der Waals surface area contributed by atoms with Gasteiger partial charge >= 0.3 is 0 Å². The van der Waals surface area contributed by atoms with Crippen LogP contribution in [-0.2, 0) is 10.8 Å². The molecular formula is C14H18N4O2S. The van der Waals surface area contributed by atoms with Crippen molar-refractivity contribution in [3.8, 4) is 5.69 Å². The normalized spacial score (nSPS) is 12.0.